The van der Waals surface area contributed by atoms with Crippen molar-refractivity contribution in [2.45, 2.75) is 38.4 Å². The van der Waals surface area contributed by atoms with Crippen molar-refractivity contribution in [2.75, 3.05) is 24.6 Å². The van der Waals surface area contributed by atoms with Crippen LogP contribution in [0.1, 0.15) is 32.3 Å². The molecule has 1 saturated heterocycles. The predicted octanol–water partition coefficient (Wildman–Crippen LogP) is 4.00. The summed E-state index contributed by atoms with van der Waals surface area (Å²) in [7, 11) is 0. The van der Waals surface area contributed by atoms with Gasteiger partial charge in [0.1, 0.15) is 41.9 Å². The predicted molar refractivity (Wildman–Crippen MR) is 135 cm³/mol. The van der Waals surface area contributed by atoms with Crippen LogP contribution in [0.25, 0.3) is 16.6 Å². The number of halogens is 1. The highest BCUT2D eigenvalue weighted by Crippen LogP contribution is 2.32. The van der Waals surface area contributed by atoms with Crippen molar-refractivity contribution in [3.8, 4) is 28.7 Å². The molecule has 1 fully saturated rings. The number of fused-ring (bicyclic) bond motifs is 1. The topological polar surface area (TPSA) is 109 Å². The molecular weight excluding hydrogens is 475 g/mol. The van der Waals surface area contributed by atoms with Crippen LogP contribution >= 0.6 is 0 Å². The lowest BCUT2D eigenvalue weighted by molar-refractivity contribution is 0.0283. The van der Waals surface area contributed by atoms with Crippen molar-refractivity contribution < 1.29 is 19.0 Å². The van der Waals surface area contributed by atoms with Gasteiger partial charge >= 0.3 is 0 Å². The Morgan fingerprint density at radius 3 is 2.62 bits per heavy atom. The summed E-state index contributed by atoms with van der Waals surface area (Å²) >= 11 is 0. The molecule has 9 nitrogen and oxygen atoms in total. The maximum absolute atomic E-state index is 13.4. The quantitative estimate of drug-likeness (QED) is 0.404. The van der Waals surface area contributed by atoms with E-state index in [4.69, 9.17) is 14.5 Å². The van der Waals surface area contributed by atoms with Crippen molar-refractivity contribution in [3.63, 3.8) is 0 Å². The minimum Gasteiger partial charge on any atom is -0.489 e. The lowest BCUT2D eigenvalue weighted by Crippen LogP contribution is -2.38. The third-order valence-corrected chi connectivity index (χ3v) is 6.11. The number of rotatable bonds is 7. The SMILES string of the molecule is CC(C)(O)COc1cc(-c2ccc(N3CCC(Oc4cncc(F)c4)CC3)nc2)c2c(C#N)cnn2c1. The first kappa shape index (κ1) is 24.5. The van der Waals surface area contributed by atoms with Crippen LogP contribution in [0.4, 0.5) is 10.2 Å². The molecule has 5 heterocycles. The molecule has 0 unspecified atom stereocenters. The molecule has 4 aromatic rings. The monoisotopic (exact) mass is 502 g/mol. The van der Waals surface area contributed by atoms with E-state index in [-0.39, 0.29) is 12.7 Å². The van der Waals surface area contributed by atoms with Gasteiger partial charge in [0.15, 0.2) is 0 Å². The summed E-state index contributed by atoms with van der Waals surface area (Å²) in [5.41, 5.74) is 1.70. The van der Waals surface area contributed by atoms with Crippen LogP contribution in [-0.4, -0.2) is 56.1 Å². The standard InChI is InChI=1S/C27H27FN6O3/c1-27(2,35)17-36-23-10-24(26-19(11-29)13-32-34(26)16-23)18-3-4-25(31-12-18)33-7-5-21(6-8-33)37-22-9-20(28)14-30-15-22/h3-4,9-10,12-16,21,35H,5-8,17H2,1-2H3. The van der Waals surface area contributed by atoms with E-state index in [9.17, 15) is 14.8 Å². The van der Waals surface area contributed by atoms with Gasteiger partial charge in [0.25, 0.3) is 0 Å². The molecule has 0 saturated carbocycles. The van der Waals surface area contributed by atoms with E-state index in [1.807, 2.05) is 18.2 Å². The lowest BCUT2D eigenvalue weighted by atomic mass is 10.0. The van der Waals surface area contributed by atoms with Gasteiger partial charge in [-0.25, -0.2) is 13.9 Å². The first-order valence-electron chi connectivity index (χ1n) is 12.0. The van der Waals surface area contributed by atoms with Crippen LogP contribution in [0, 0.1) is 17.1 Å². The number of nitrogens with zero attached hydrogens (tertiary/aromatic N) is 6. The van der Waals surface area contributed by atoms with Gasteiger partial charge in [-0.2, -0.15) is 10.4 Å². The first-order valence-corrected chi connectivity index (χ1v) is 12.0. The maximum Gasteiger partial charge on any atom is 0.145 e. The molecule has 1 aliphatic heterocycles. The molecule has 37 heavy (non-hydrogen) atoms. The van der Waals surface area contributed by atoms with Crippen LogP contribution in [0.15, 0.2) is 55.2 Å². The molecule has 1 N–H and O–H groups in total. The first-order chi connectivity index (χ1) is 17.8. The van der Waals surface area contributed by atoms with Gasteiger partial charge in [-0.3, -0.25) is 4.98 Å². The Bertz CT molecular complexity index is 1430. The fraction of sp³-hybridized carbons (Fsp3) is 0.333. The van der Waals surface area contributed by atoms with E-state index < -0.39 is 11.4 Å². The molecule has 190 valence electrons. The molecule has 5 rings (SSSR count). The van der Waals surface area contributed by atoms with Gasteiger partial charge in [-0.15, -0.1) is 0 Å². The molecule has 0 aliphatic carbocycles. The van der Waals surface area contributed by atoms with Gasteiger partial charge in [-0.1, -0.05) is 0 Å². The zero-order chi connectivity index (χ0) is 26.0. The summed E-state index contributed by atoms with van der Waals surface area (Å²) in [6.07, 6.45) is 9.22. The fourth-order valence-electron chi connectivity index (χ4n) is 4.32. The normalized spacial score (nSPS) is 14.5. The van der Waals surface area contributed by atoms with Gasteiger partial charge in [0, 0.05) is 49.3 Å². The second-order valence-electron chi connectivity index (χ2n) is 9.70. The average Bonchev–Trinajstić information content (AvgIpc) is 3.30. The Morgan fingerprint density at radius 2 is 1.95 bits per heavy atom. The minimum absolute atomic E-state index is 0.00897. The summed E-state index contributed by atoms with van der Waals surface area (Å²) in [6, 6.07) is 9.30. The molecule has 0 bridgehead atoms. The van der Waals surface area contributed by atoms with Crippen molar-refractivity contribution >= 4 is 11.3 Å². The summed E-state index contributed by atoms with van der Waals surface area (Å²) in [4.78, 5) is 10.7. The highest BCUT2D eigenvalue weighted by Gasteiger charge is 2.22. The van der Waals surface area contributed by atoms with Crippen LogP contribution in [0.3, 0.4) is 0 Å². The Hall–Kier alpha value is -4.23. The number of pyridine rings is 3. The number of aliphatic hydroxyl groups is 1. The van der Waals surface area contributed by atoms with Crippen molar-refractivity contribution in [1.82, 2.24) is 19.6 Å². The number of ether oxygens (including phenoxy) is 2. The minimum atomic E-state index is -0.993. The molecule has 0 aromatic carbocycles. The van der Waals surface area contributed by atoms with Crippen LogP contribution in [0.2, 0.25) is 0 Å². The second kappa shape index (κ2) is 10.0. The molecule has 4 aromatic heterocycles. The maximum atomic E-state index is 13.4. The summed E-state index contributed by atoms with van der Waals surface area (Å²) in [5.74, 6) is 1.40. The number of piperidine rings is 1. The van der Waals surface area contributed by atoms with Crippen LogP contribution in [0.5, 0.6) is 11.5 Å². The third kappa shape index (κ3) is 5.62. The molecule has 1 aliphatic rings. The van der Waals surface area contributed by atoms with E-state index in [2.05, 4.69) is 21.1 Å². The van der Waals surface area contributed by atoms with Gasteiger partial charge in [-0.05, 0) is 32.0 Å². The molecule has 0 atom stereocenters. The van der Waals surface area contributed by atoms with Gasteiger partial charge in [0.05, 0.1) is 41.5 Å². The van der Waals surface area contributed by atoms with Crippen molar-refractivity contribution in [2.24, 2.45) is 0 Å². The highest BCUT2D eigenvalue weighted by molar-refractivity contribution is 5.85. The largest absolute Gasteiger partial charge is 0.489 e. The van der Waals surface area contributed by atoms with Gasteiger partial charge < -0.3 is 19.5 Å². The summed E-state index contributed by atoms with van der Waals surface area (Å²) < 4.78 is 26.7. The highest BCUT2D eigenvalue weighted by atomic mass is 19.1. The molecule has 10 heteroatoms. The Kier molecular flexibility index (Phi) is 6.63. The number of hydrogen-bond acceptors (Lipinski definition) is 8. The van der Waals surface area contributed by atoms with Crippen molar-refractivity contribution in [1.29, 1.82) is 5.26 Å². The lowest BCUT2D eigenvalue weighted by Gasteiger charge is -2.33. The number of aromatic nitrogens is 4. The number of hydrogen-bond donors (Lipinski definition) is 1. The van der Waals surface area contributed by atoms with Crippen LogP contribution in [-0.2, 0) is 0 Å². The van der Waals surface area contributed by atoms with Crippen molar-refractivity contribution in [3.05, 3.63) is 66.6 Å². The Labute approximate surface area is 213 Å². The van der Waals surface area contributed by atoms with Crippen LogP contribution < -0.4 is 14.4 Å². The van der Waals surface area contributed by atoms with E-state index in [1.54, 1.807) is 30.8 Å². The zero-order valence-corrected chi connectivity index (χ0v) is 20.6. The fourth-order valence-corrected chi connectivity index (χ4v) is 4.32. The van der Waals surface area contributed by atoms with Gasteiger partial charge in [0.2, 0.25) is 0 Å². The number of anilines is 1. The van der Waals surface area contributed by atoms with E-state index >= 15 is 0 Å². The van der Waals surface area contributed by atoms with E-state index in [0.29, 0.717) is 22.6 Å². The molecule has 0 spiro atoms. The second-order valence-corrected chi connectivity index (χ2v) is 9.70. The molecular formula is C27H27FN6O3. The molecule has 0 radical (unpaired) electrons. The Balaban J connectivity index is 1.33. The number of nitriles is 1. The zero-order valence-electron chi connectivity index (χ0n) is 20.6. The Morgan fingerprint density at radius 1 is 1.14 bits per heavy atom. The summed E-state index contributed by atoms with van der Waals surface area (Å²) in [6.45, 7) is 4.96. The summed E-state index contributed by atoms with van der Waals surface area (Å²) in [5, 5.41) is 23.9. The van der Waals surface area contributed by atoms with E-state index in [0.717, 1.165) is 49.1 Å². The third-order valence-electron chi connectivity index (χ3n) is 6.11. The van der Waals surface area contributed by atoms with E-state index in [1.165, 1.54) is 18.5 Å². The average molecular weight is 503 g/mol. The molecule has 0 amide bonds. The smallest absolute Gasteiger partial charge is 0.145 e.